The number of benzene rings is 1. The van der Waals surface area contributed by atoms with Gasteiger partial charge in [0.15, 0.2) is 0 Å². The molecule has 0 bridgehead atoms. The van der Waals surface area contributed by atoms with E-state index < -0.39 is 0 Å². The highest BCUT2D eigenvalue weighted by Gasteiger charge is 2.08. The first-order valence-corrected chi connectivity index (χ1v) is 12.4. The molecule has 3 heteroatoms. The molecule has 0 amide bonds. The highest BCUT2D eigenvalue weighted by molar-refractivity contribution is 5.90. The van der Waals surface area contributed by atoms with Crippen molar-refractivity contribution in [1.82, 2.24) is 4.98 Å². The van der Waals surface area contributed by atoms with Gasteiger partial charge in [0.1, 0.15) is 0 Å². The molecule has 2 rings (SSSR count). The van der Waals surface area contributed by atoms with Gasteiger partial charge in [0.2, 0.25) is 0 Å². The third-order valence-electron chi connectivity index (χ3n) is 6.08. The minimum absolute atomic E-state index is 0.236. The Morgan fingerprint density at radius 1 is 0.903 bits per heavy atom. The van der Waals surface area contributed by atoms with E-state index in [0.29, 0.717) is 12.2 Å². The second-order valence-electron chi connectivity index (χ2n) is 8.79. The predicted molar refractivity (Wildman–Crippen MR) is 130 cm³/mol. The number of carbonyl (C=O) groups excluding carboxylic acids is 1. The van der Waals surface area contributed by atoms with Crippen molar-refractivity contribution in [1.29, 1.82) is 0 Å². The number of hydrogen-bond acceptors (Lipinski definition) is 3. The SMILES string of the molecule is CCCCCCCc1ccc(-c2ccc(C(=O)OCCCCC[C@@H](C)CC)cc2)nc1. The van der Waals surface area contributed by atoms with Crippen LogP contribution in [0.2, 0.25) is 0 Å². The number of nitrogens with zero attached hydrogens (tertiary/aromatic N) is 1. The molecule has 0 aliphatic rings. The second-order valence-corrected chi connectivity index (χ2v) is 8.79. The molecule has 0 aliphatic carbocycles. The van der Waals surface area contributed by atoms with Crippen molar-refractivity contribution in [3.05, 3.63) is 53.7 Å². The Labute approximate surface area is 189 Å². The molecule has 170 valence electrons. The molecule has 1 aromatic heterocycles. The number of esters is 1. The van der Waals surface area contributed by atoms with Gasteiger partial charge in [-0.2, -0.15) is 0 Å². The van der Waals surface area contributed by atoms with Crippen LogP contribution >= 0.6 is 0 Å². The number of ether oxygens (including phenoxy) is 1. The third-order valence-corrected chi connectivity index (χ3v) is 6.08. The van der Waals surface area contributed by atoms with Crippen molar-refractivity contribution in [3.63, 3.8) is 0 Å². The first-order valence-electron chi connectivity index (χ1n) is 12.4. The standard InChI is InChI=1S/C28H41NO2/c1-4-6-7-8-11-14-24-15-20-27(29-22-24)25-16-18-26(19-17-25)28(30)31-21-12-9-10-13-23(3)5-2/h15-20,22-23H,4-14,21H2,1-3H3/t23-/m0/s1. The predicted octanol–water partition coefficient (Wildman–Crippen LogP) is 8.02. The van der Waals surface area contributed by atoms with Gasteiger partial charge in [-0.1, -0.05) is 90.3 Å². The topological polar surface area (TPSA) is 39.2 Å². The van der Waals surface area contributed by atoms with Gasteiger partial charge in [-0.05, 0) is 48.9 Å². The molecule has 1 aromatic carbocycles. The summed E-state index contributed by atoms with van der Waals surface area (Å²) < 4.78 is 5.43. The zero-order valence-corrected chi connectivity index (χ0v) is 19.9. The second kappa shape index (κ2) is 14.8. The highest BCUT2D eigenvalue weighted by Crippen LogP contribution is 2.19. The Balaban J connectivity index is 1.73. The van der Waals surface area contributed by atoms with E-state index in [1.165, 1.54) is 56.9 Å². The normalized spacial score (nSPS) is 12.0. The summed E-state index contributed by atoms with van der Waals surface area (Å²) in [4.78, 5) is 16.9. The summed E-state index contributed by atoms with van der Waals surface area (Å²) in [5.41, 5.74) is 3.86. The summed E-state index contributed by atoms with van der Waals surface area (Å²) in [5.74, 6) is 0.558. The Morgan fingerprint density at radius 2 is 1.65 bits per heavy atom. The summed E-state index contributed by atoms with van der Waals surface area (Å²) in [6, 6.07) is 11.8. The van der Waals surface area contributed by atoms with Crippen LogP contribution in [0.15, 0.2) is 42.6 Å². The highest BCUT2D eigenvalue weighted by atomic mass is 16.5. The van der Waals surface area contributed by atoms with Crippen molar-refractivity contribution < 1.29 is 9.53 Å². The Hall–Kier alpha value is -2.16. The first kappa shape index (κ1) is 25.1. The van der Waals surface area contributed by atoms with Crippen LogP contribution in [0.5, 0.6) is 0 Å². The lowest BCUT2D eigenvalue weighted by Crippen LogP contribution is -2.06. The van der Waals surface area contributed by atoms with Crippen molar-refractivity contribution in [2.75, 3.05) is 6.61 Å². The maximum atomic E-state index is 12.3. The maximum absolute atomic E-state index is 12.3. The van der Waals surface area contributed by atoms with Crippen molar-refractivity contribution >= 4 is 5.97 Å². The summed E-state index contributed by atoms with van der Waals surface area (Å²) in [6.45, 7) is 7.28. The quantitative estimate of drug-likeness (QED) is 0.215. The van der Waals surface area contributed by atoms with Gasteiger partial charge >= 0.3 is 5.97 Å². The van der Waals surface area contributed by atoms with Crippen LogP contribution < -0.4 is 0 Å². The van der Waals surface area contributed by atoms with E-state index in [4.69, 9.17) is 4.74 Å². The van der Waals surface area contributed by atoms with Crippen LogP contribution in [-0.2, 0) is 11.2 Å². The van der Waals surface area contributed by atoms with Gasteiger partial charge in [0.05, 0.1) is 17.9 Å². The van der Waals surface area contributed by atoms with Gasteiger partial charge < -0.3 is 4.74 Å². The zero-order chi connectivity index (χ0) is 22.3. The molecule has 0 aliphatic heterocycles. The van der Waals surface area contributed by atoms with E-state index in [1.54, 1.807) is 0 Å². The van der Waals surface area contributed by atoms with E-state index in [-0.39, 0.29) is 5.97 Å². The average Bonchev–Trinajstić information content (AvgIpc) is 2.81. The van der Waals surface area contributed by atoms with Gasteiger partial charge in [0.25, 0.3) is 0 Å². The minimum atomic E-state index is -0.236. The molecule has 31 heavy (non-hydrogen) atoms. The first-order chi connectivity index (χ1) is 15.1. The Bertz CT molecular complexity index is 737. The van der Waals surface area contributed by atoms with Crippen molar-refractivity contribution in [3.8, 4) is 11.3 Å². The molecule has 1 atom stereocenters. The monoisotopic (exact) mass is 423 g/mol. The molecule has 0 N–H and O–H groups in total. The molecule has 0 fully saturated rings. The van der Waals surface area contributed by atoms with E-state index in [9.17, 15) is 4.79 Å². The molecular weight excluding hydrogens is 382 g/mol. The molecule has 0 radical (unpaired) electrons. The maximum Gasteiger partial charge on any atom is 0.338 e. The average molecular weight is 424 g/mol. The number of carbonyl (C=O) groups is 1. The summed E-state index contributed by atoms with van der Waals surface area (Å²) in [7, 11) is 0. The lowest BCUT2D eigenvalue weighted by molar-refractivity contribution is 0.0497. The van der Waals surface area contributed by atoms with E-state index in [2.05, 4.69) is 37.9 Å². The molecule has 2 aromatic rings. The lowest BCUT2D eigenvalue weighted by Gasteiger charge is -2.08. The van der Waals surface area contributed by atoms with Gasteiger partial charge in [-0.15, -0.1) is 0 Å². The molecule has 0 saturated carbocycles. The smallest absolute Gasteiger partial charge is 0.338 e. The summed E-state index contributed by atoms with van der Waals surface area (Å²) >= 11 is 0. The molecule has 0 spiro atoms. The largest absolute Gasteiger partial charge is 0.462 e. The fourth-order valence-corrected chi connectivity index (χ4v) is 3.68. The number of aryl methyl sites for hydroxylation is 1. The Kier molecular flexibility index (Phi) is 12.0. The van der Waals surface area contributed by atoms with E-state index in [1.807, 2.05) is 30.5 Å². The summed E-state index contributed by atoms with van der Waals surface area (Å²) in [6.07, 6.45) is 15.3. The molecule has 0 unspecified atom stereocenters. The van der Waals surface area contributed by atoms with Crippen LogP contribution in [0.4, 0.5) is 0 Å². The number of unbranched alkanes of at least 4 members (excludes halogenated alkanes) is 6. The van der Waals surface area contributed by atoms with Gasteiger partial charge in [-0.25, -0.2) is 4.79 Å². The molecular formula is C28H41NO2. The van der Waals surface area contributed by atoms with Crippen LogP contribution in [0, 0.1) is 5.92 Å². The number of hydrogen-bond donors (Lipinski definition) is 0. The van der Waals surface area contributed by atoms with Crippen molar-refractivity contribution in [2.24, 2.45) is 5.92 Å². The fraction of sp³-hybridized carbons (Fsp3) is 0.571. The van der Waals surface area contributed by atoms with Crippen LogP contribution in [0.25, 0.3) is 11.3 Å². The van der Waals surface area contributed by atoms with E-state index >= 15 is 0 Å². The van der Waals surface area contributed by atoms with Crippen LogP contribution in [0.1, 0.15) is 101 Å². The van der Waals surface area contributed by atoms with Gasteiger partial charge in [0, 0.05) is 11.8 Å². The number of pyridine rings is 1. The molecule has 3 nitrogen and oxygen atoms in total. The van der Waals surface area contributed by atoms with Crippen LogP contribution in [0.3, 0.4) is 0 Å². The molecule has 1 heterocycles. The number of aromatic nitrogens is 1. The van der Waals surface area contributed by atoms with Gasteiger partial charge in [-0.3, -0.25) is 4.98 Å². The Morgan fingerprint density at radius 3 is 2.32 bits per heavy atom. The van der Waals surface area contributed by atoms with Crippen molar-refractivity contribution in [2.45, 2.75) is 91.4 Å². The molecule has 0 saturated heterocycles. The van der Waals surface area contributed by atoms with E-state index in [0.717, 1.165) is 36.4 Å². The number of rotatable bonds is 15. The van der Waals surface area contributed by atoms with Crippen LogP contribution in [-0.4, -0.2) is 17.6 Å². The fourth-order valence-electron chi connectivity index (χ4n) is 3.68. The zero-order valence-electron chi connectivity index (χ0n) is 19.9. The third kappa shape index (κ3) is 9.67. The minimum Gasteiger partial charge on any atom is -0.462 e. The summed E-state index contributed by atoms with van der Waals surface area (Å²) in [5, 5.41) is 0. The lowest BCUT2D eigenvalue weighted by atomic mass is 10.0.